The number of hydrogen-bond acceptors (Lipinski definition) is 4. The molecule has 1 atom stereocenters. The van der Waals surface area contributed by atoms with Gasteiger partial charge in [-0.15, -0.1) is 11.3 Å². The van der Waals surface area contributed by atoms with Crippen molar-refractivity contribution in [1.82, 2.24) is 20.9 Å². The number of rotatable bonds is 5. The van der Waals surface area contributed by atoms with Gasteiger partial charge in [-0.25, -0.2) is 9.78 Å². The molecule has 0 aliphatic carbocycles. The van der Waals surface area contributed by atoms with E-state index < -0.39 is 0 Å². The largest absolute Gasteiger partial charge is 0.354 e. The molecule has 24 heavy (non-hydrogen) atoms. The maximum Gasteiger partial charge on any atom is 0.315 e. The lowest BCUT2D eigenvalue weighted by Crippen LogP contribution is -2.50. The maximum atomic E-state index is 11.9. The van der Waals surface area contributed by atoms with Crippen LogP contribution in [-0.4, -0.2) is 36.1 Å². The van der Waals surface area contributed by atoms with E-state index in [0.29, 0.717) is 32.4 Å². The first-order valence-electron chi connectivity index (χ1n) is 8.01. The van der Waals surface area contributed by atoms with Crippen molar-refractivity contribution in [3.8, 4) is 10.6 Å². The van der Waals surface area contributed by atoms with E-state index in [2.05, 4.69) is 20.9 Å². The average molecular weight is 344 g/mol. The molecule has 3 N–H and O–H groups in total. The number of carbonyl (C=O) groups is 2. The van der Waals surface area contributed by atoms with E-state index >= 15 is 0 Å². The number of nitrogens with one attached hydrogen (secondary N) is 3. The fourth-order valence-electron chi connectivity index (χ4n) is 2.53. The zero-order valence-electron chi connectivity index (χ0n) is 13.2. The Labute approximate surface area is 144 Å². The van der Waals surface area contributed by atoms with Crippen molar-refractivity contribution in [2.75, 3.05) is 13.1 Å². The highest BCUT2D eigenvalue weighted by Crippen LogP contribution is 2.23. The van der Waals surface area contributed by atoms with Gasteiger partial charge in [0.1, 0.15) is 5.01 Å². The van der Waals surface area contributed by atoms with Gasteiger partial charge >= 0.3 is 6.03 Å². The summed E-state index contributed by atoms with van der Waals surface area (Å²) in [5.74, 6) is 0.0474. The molecule has 0 radical (unpaired) electrons. The van der Waals surface area contributed by atoms with Crippen molar-refractivity contribution in [3.63, 3.8) is 0 Å². The van der Waals surface area contributed by atoms with E-state index in [1.54, 1.807) is 11.3 Å². The normalized spacial score (nSPS) is 17.2. The lowest BCUT2D eigenvalue weighted by molar-refractivity contribution is -0.122. The Hall–Kier alpha value is -2.41. The molecular weight excluding hydrogens is 324 g/mol. The smallest absolute Gasteiger partial charge is 0.315 e. The SMILES string of the molecule is O=C1CC[C@H](NC(=O)NCCc2csc(-c3ccccc3)n2)CN1. The van der Waals surface area contributed by atoms with E-state index in [4.69, 9.17) is 0 Å². The number of thiazole rings is 1. The topological polar surface area (TPSA) is 83.1 Å². The minimum Gasteiger partial charge on any atom is -0.354 e. The number of amides is 3. The van der Waals surface area contributed by atoms with Crippen molar-refractivity contribution in [2.45, 2.75) is 25.3 Å². The van der Waals surface area contributed by atoms with E-state index in [-0.39, 0.29) is 18.0 Å². The molecule has 3 amide bonds. The zero-order valence-corrected chi connectivity index (χ0v) is 14.1. The molecular formula is C17H20N4O2S. The summed E-state index contributed by atoms with van der Waals surface area (Å²) in [7, 11) is 0. The predicted octanol–water partition coefficient (Wildman–Crippen LogP) is 1.93. The monoisotopic (exact) mass is 344 g/mol. The lowest BCUT2D eigenvalue weighted by Gasteiger charge is -2.23. The van der Waals surface area contributed by atoms with E-state index in [0.717, 1.165) is 16.3 Å². The third-order valence-corrected chi connectivity index (χ3v) is 4.78. The van der Waals surface area contributed by atoms with Gasteiger partial charge in [-0.3, -0.25) is 4.79 Å². The van der Waals surface area contributed by atoms with E-state index in [1.807, 2.05) is 35.7 Å². The summed E-state index contributed by atoms with van der Waals surface area (Å²) in [6, 6.07) is 9.86. The van der Waals surface area contributed by atoms with Gasteiger partial charge in [-0.05, 0) is 6.42 Å². The van der Waals surface area contributed by atoms with Crippen LogP contribution in [0, 0.1) is 0 Å². The summed E-state index contributed by atoms with van der Waals surface area (Å²) in [5, 5.41) is 11.5. The van der Waals surface area contributed by atoms with Gasteiger partial charge in [0.05, 0.1) is 5.69 Å². The quantitative estimate of drug-likeness (QED) is 0.775. The van der Waals surface area contributed by atoms with Crippen LogP contribution in [0.5, 0.6) is 0 Å². The summed E-state index contributed by atoms with van der Waals surface area (Å²) < 4.78 is 0. The number of carbonyl (C=O) groups excluding carboxylic acids is 2. The maximum absolute atomic E-state index is 11.9. The Morgan fingerprint density at radius 3 is 2.92 bits per heavy atom. The van der Waals surface area contributed by atoms with Crippen LogP contribution in [0.1, 0.15) is 18.5 Å². The predicted molar refractivity (Wildman–Crippen MR) is 93.8 cm³/mol. The Balaban J connectivity index is 1.41. The van der Waals surface area contributed by atoms with Crippen LogP contribution < -0.4 is 16.0 Å². The summed E-state index contributed by atoms with van der Waals surface area (Å²) >= 11 is 1.61. The van der Waals surface area contributed by atoms with Crippen molar-refractivity contribution >= 4 is 23.3 Å². The Kier molecular flexibility index (Phi) is 5.43. The molecule has 1 aromatic carbocycles. The third-order valence-electron chi connectivity index (χ3n) is 3.84. The van der Waals surface area contributed by atoms with Gasteiger partial charge in [0, 0.05) is 42.9 Å². The molecule has 1 aliphatic heterocycles. The second kappa shape index (κ2) is 7.92. The van der Waals surface area contributed by atoms with Crippen LogP contribution >= 0.6 is 11.3 Å². The minimum absolute atomic E-state index is 0.00616. The Bertz CT molecular complexity index is 692. The molecule has 1 aromatic heterocycles. The highest BCUT2D eigenvalue weighted by Gasteiger charge is 2.19. The second-order valence-electron chi connectivity index (χ2n) is 5.70. The van der Waals surface area contributed by atoms with Crippen LogP contribution in [0.2, 0.25) is 0 Å². The van der Waals surface area contributed by atoms with Gasteiger partial charge in [-0.2, -0.15) is 0 Å². The van der Waals surface area contributed by atoms with Gasteiger partial charge in [-0.1, -0.05) is 30.3 Å². The molecule has 7 heteroatoms. The molecule has 1 saturated heterocycles. The molecule has 2 heterocycles. The molecule has 1 fully saturated rings. The molecule has 1 aliphatic rings. The number of benzene rings is 1. The van der Waals surface area contributed by atoms with E-state index in [1.165, 1.54) is 0 Å². The Morgan fingerprint density at radius 2 is 2.17 bits per heavy atom. The summed E-state index contributed by atoms with van der Waals surface area (Å²) in [4.78, 5) is 27.5. The molecule has 126 valence electrons. The van der Waals surface area contributed by atoms with Crippen LogP contribution in [0.15, 0.2) is 35.7 Å². The van der Waals surface area contributed by atoms with Crippen LogP contribution in [-0.2, 0) is 11.2 Å². The highest BCUT2D eigenvalue weighted by atomic mass is 32.1. The van der Waals surface area contributed by atoms with Crippen molar-refractivity contribution in [1.29, 1.82) is 0 Å². The first-order chi connectivity index (χ1) is 11.7. The van der Waals surface area contributed by atoms with Gasteiger partial charge in [0.25, 0.3) is 0 Å². The first-order valence-corrected chi connectivity index (χ1v) is 8.89. The fraction of sp³-hybridized carbons (Fsp3) is 0.353. The minimum atomic E-state index is -0.199. The number of aromatic nitrogens is 1. The van der Waals surface area contributed by atoms with Crippen molar-refractivity contribution in [2.24, 2.45) is 0 Å². The van der Waals surface area contributed by atoms with Crippen LogP contribution in [0.25, 0.3) is 10.6 Å². The van der Waals surface area contributed by atoms with Crippen molar-refractivity contribution < 1.29 is 9.59 Å². The number of urea groups is 1. The number of piperidine rings is 1. The molecule has 6 nitrogen and oxygen atoms in total. The van der Waals surface area contributed by atoms with Gasteiger partial charge in [0.15, 0.2) is 0 Å². The molecule has 0 spiro atoms. The molecule has 0 unspecified atom stereocenters. The average Bonchev–Trinajstić information content (AvgIpc) is 3.07. The zero-order chi connectivity index (χ0) is 16.8. The highest BCUT2D eigenvalue weighted by molar-refractivity contribution is 7.13. The Morgan fingerprint density at radius 1 is 1.33 bits per heavy atom. The summed E-state index contributed by atoms with van der Waals surface area (Å²) in [6.07, 6.45) is 1.84. The third kappa shape index (κ3) is 4.55. The standard InChI is InChI=1S/C17H20N4O2S/c22-15-7-6-13(10-19-15)21-17(23)18-9-8-14-11-24-16(20-14)12-4-2-1-3-5-12/h1-5,11,13H,6-10H2,(H,19,22)(H2,18,21,23)/t13-/m0/s1. The number of hydrogen-bond donors (Lipinski definition) is 3. The fourth-order valence-corrected chi connectivity index (χ4v) is 3.39. The second-order valence-corrected chi connectivity index (χ2v) is 6.56. The molecule has 0 bridgehead atoms. The molecule has 2 aromatic rings. The summed E-state index contributed by atoms with van der Waals surface area (Å²) in [5.41, 5.74) is 2.09. The van der Waals surface area contributed by atoms with Gasteiger partial charge < -0.3 is 16.0 Å². The van der Waals surface area contributed by atoms with E-state index in [9.17, 15) is 9.59 Å². The van der Waals surface area contributed by atoms with Crippen LogP contribution in [0.3, 0.4) is 0 Å². The van der Waals surface area contributed by atoms with Crippen LogP contribution in [0.4, 0.5) is 4.79 Å². The molecule has 3 rings (SSSR count). The molecule has 0 saturated carbocycles. The number of nitrogens with zero attached hydrogens (tertiary/aromatic N) is 1. The van der Waals surface area contributed by atoms with Gasteiger partial charge in [0.2, 0.25) is 5.91 Å². The summed E-state index contributed by atoms with van der Waals surface area (Å²) in [6.45, 7) is 1.03. The lowest BCUT2D eigenvalue weighted by atomic mass is 10.1. The first kappa shape index (κ1) is 16.4. The van der Waals surface area contributed by atoms with Crippen molar-refractivity contribution in [3.05, 3.63) is 41.4 Å².